The maximum Gasteiger partial charge on any atom is 0.316 e. The molecular weight excluding hydrogens is 528 g/mol. The second-order valence-electron chi connectivity index (χ2n) is 12.5. The van der Waals surface area contributed by atoms with Crippen LogP contribution >= 0.6 is 0 Å². The first-order valence-electron chi connectivity index (χ1n) is 13.5. The van der Waals surface area contributed by atoms with Gasteiger partial charge in [0.2, 0.25) is 11.5 Å². The van der Waals surface area contributed by atoms with E-state index >= 15 is 0 Å². The third kappa shape index (κ3) is 6.90. The van der Waals surface area contributed by atoms with Gasteiger partial charge in [-0.2, -0.15) is 0 Å². The Labute approximate surface area is 241 Å². The van der Waals surface area contributed by atoms with Crippen LogP contribution < -0.4 is 14.2 Å². The minimum Gasteiger partial charge on any atom is -0.497 e. The minimum absolute atomic E-state index is 0.0840. The lowest BCUT2D eigenvalue weighted by Crippen LogP contribution is -2.47. The number of ether oxygens (including phenoxy) is 3. The quantitative estimate of drug-likeness (QED) is 0.486. The third-order valence-corrected chi connectivity index (χ3v) is 6.63. The Bertz CT molecular complexity index is 1310. The van der Waals surface area contributed by atoms with Crippen LogP contribution in [0.1, 0.15) is 62.5 Å². The van der Waals surface area contributed by atoms with Crippen LogP contribution in [0, 0.1) is 10.8 Å². The fourth-order valence-corrected chi connectivity index (χ4v) is 3.96. The Morgan fingerprint density at radius 3 is 1.63 bits per heavy atom. The monoisotopic (exact) mass is 570 g/mol. The van der Waals surface area contributed by atoms with Gasteiger partial charge in [0.1, 0.15) is 5.75 Å². The van der Waals surface area contributed by atoms with Crippen molar-refractivity contribution in [3.63, 3.8) is 0 Å². The molecule has 0 spiro atoms. The highest BCUT2D eigenvalue weighted by Gasteiger charge is 2.41. The molecule has 1 aliphatic heterocycles. The number of hydrogen-bond acceptors (Lipinski definition) is 8. The maximum atomic E-state index is 14.3. The van der Waals surface area contributed by atoms with E-state index in [2.05, 4.69) is 4.90 Å². The van der Waals surface area contributed by atoms with Gasteiger partial charge in [-0.1, -0.05) is 0 Å². The number of nitrogens with zero attached hydrogens (tertiary/aromatic N) is 4. The van der Waals surface area contributed by atoms with Crippen LogP contribution in [0.5, 0.6) is 17.2 Å². The third-order valence-electron chi connectivity index (χ3n) is 6.63. The molecule has 1 saturated heterocycles. The molecule has 0 unspecified atom stereocenters. The molecular formula is C30H42N4O7. The molecule has 0 saturated carbocycles. The van der Waals surface area contributed by atoms with E-state index in [1.165, 1.54) is 16.6 Å². The Morgan fingerprint density at radius 2 is 1.22 bits per heavy atom. The van der Waals surface area contributed by atoms with Crippen molar-refractivity contribution >= 4 is 23.8 Å². The molecule has 3 rings (SSSR count). The lowest BCUT2D eigenvalue weighted by Gasteiger charge is -2.32. The van der Waals surface area contributed by atoms with Gasteiger partial charge in [-0.3, -0.25) is 23.7 Å². The zero-order valence-corrected chi connectivity index (χ0v) is 25.8. The van der Waals surface area contributed by atoms with E-state index in [4.69, 9.17) is 14.2 Å². The molecule has 1 fully saturated rings. The van der Waals surface area contributed by atoms with Gasteiger partial charge in [0, 0.05) is 46.0 Å². The summed E-state index contributed by atoms with van der Waals surface area (Å²) in [6, 6.07) is 6.73. The second kappa shape index (κ2) is 11.9. The molecule has 2 heterocycles. The number of aromatic nitrogens is 1. The first kappa shape index (κ1) is 31.7. The predicted molar refractivity (Wildman–Crippen MR) is 154 cm³/mol. The average molecular weight is 571 g/mol. The maximum absolute atomic E-state index is 14.3. The molecule has 0 aliphatic carbocycles. The summed E-state index contributed by atoms with van der Waals surface area (Å²) in [5.41, 5.74) is -1.72. The first-order chi connectivity index (χ1) is 19.0. The molecule has 2 aromatic rings. The van der Waals surface area contributed by atoms with Crippen LogP contribution in [0.2, 0.25) is 0 Å². The highest BCUT2D eigenvalue weighted by molar-refractivity contribution is 6.06. The van der Waals surface area contributed by atoms with E-state index in [0.717, 1.165) is 0 Å². The van der Waals surface area contributed by atoms with Crippen LogP contribution in [0.25, 0.3) is 5.69 Å². The second-order valence-corrected chi connectivity index (χ2v) is 12.5. The fraction of sp³-hybridized carbons (Fsp3) is 0.533. The van der Waals surface area contributed by atoms with Crippen molar-refractivity contribution in [2.24, 2.45) is 10.8 Å². The molecule has 2 amide bonds. The lowest BCUT2D eigenvalue weighted by atomic mass is 9.97. The number of piperazine rings is 1. The van der Waals surface area contributed by atoms with E-state index in [1.807, 2.05) is 7.05 Å². The highest BCUT2D eigenvalue weighted by Crippen LogP contribution is 2.43. The largest absolute Gasteiger partial charge is 0.497 e. The standard InChI is InChI=1S/C30H42N4O7/c1-29(2,3)27(37)40-23-21(25(35)31(7)8)34(19-11-13-20(39-10)14-12-19)22(24(23)41-28(38)30(4,5)6)26(36)33-17-15-32(9)16-18-33/h11-14H,15-18H2,1-10H3. The van der Waals surface area contributed by atoms with Crippen molar-refractivity contribution < 1.29 is 33.4 Å². The van der Waals surface area contributed by atoms with Crippen LogP contribution in [0.4, 0.5) is 0 Å². The highest BCUT2D eigenvalue weighted by atomic mass is 16.6. The molecule has 224 valence electrons. The molecule has 0 atom stereocenters. The molecule has 0 N–H and O–H groups in total. The molecule has 41 heavy (non-hydrogen) atoms. The van der Waals surface area contributed by atoms with Gasteiger partial charge in [-0.25, -0.2) is 0 Å². The molecule has 11 heteroatoms. The van der Waals surface area contributed by atoms with Crippen LogP contribution in [-0.4, -0.2) is 97.5 Å². The first-order valence-corrected chi connectivity index (χ1v) is 13.5. The van der Waals surface area contributed by atoms with Crippen LogP contribution in [0.15, 0.2) is 24.3 Å². The Morgan fingerprint density at radius 1 is 0.756 bits per heavy atom. The predicted octanol–water partition coefficient (Wildman–Crippen LogP) is 3.48. The van der Waals surface area contributed by atoms with Gasteiger partial charge in [0.15, 0.2) is 11.4 Å². The van der Waals surface area contributed by atoms with E-state index in [1.54, 1.807) is 84.8 Å². The van der Waals surface area contributed by atoms with E-state index < -0.39 is 34.6 Å². The van der Waals surface area contributed by atoms with Gasteiger partial charge in [0.05, 0.1) is 17.9 Å². The Balaban J connectivity index is 2.45. The van der Waals surface area contributed by atoms with Crippen molar-refractivity contribution in [1.82, 2.24) is 19.3 Å². The SMILES string of the molecule is COc1ccc(-n2c(C(=O)N(C)C)c(OC(=O)C(C)(C)C)c(OC(=O)C(C)(C)C)c2C(=O)N2CCN(C)CC2)cc1. The molecule has 0 radical (unpaired) electrons. The number of hydrogen-bond donors (Lipinski definition) is 0. The average Bonchev–Trinajstić information content (AvgIpc) is 3.20. The van der Waals surface area contributed by atoms with Gasteiger partial charge in [0.25, 0.3) is 11.8 Å². The lowest BCUT2D eigenvalue weighted by molar-refractivity contribution is -0.145. The smallest absolute Gasteiger partial charge is 0.316 e. The number of carbonyl (C=O) groups is 4. The number of carbonyl (C=O) groups excluding carboxylic acids is 4. The van der Waals surface area contributed by atoms with Gasteiger partial charge in [-0.15, -0.1) is 0 Å². The minimum atomic E-state index is -0.965. The number of benzene rings is 1. The number of amides is 2. The Kier molecular flexibility index (Phi) is 9.22. The van der Waals surface area contributed by atoms with E-state index in [9.17, 15) is 19.2 Å². The Hall–Kier alpha value is -3.86. The van der Waals surface area contributed by atoms with Crippen molar-refractivity contribution in [3.05, 3.63) is 35.7 Å². The zero-order chi connectivity index (χ0) is 30.9. The molecule has 1 aromatic heterocycles. The number of esters is 2. The molecule has 0 bridgehead atoms. The summed E-state index contributed by atoms with van der Waals surface area (Å²) in [6.07, 6.45) is 0. The van der Waals surface area contributed by atoms with E-state index in [0.29, 0.717) is 37.6 Å². The van der Waals surface area contributed by atoms with Gasteiger partial charge < -0.3 is 28.9 Å². The number of likely N-dealkylation sites (N-methyl/N-ethyl adjacent to an activating group) is 1. The number of methoxy groups -OCH3 is 1. The van der Waals surface area contributed by atoms with Gasteiger partial charge >= 0.3 is 11.9 Å². The fourth-order valence-electron chi connectivity index (χ4n) is 3.96. The van der Waals surface area contributed by atoms with Crippen molar-refractivity contribution in [1.29, 1.82) is 0 Å². The summed E-state index contributed by atoms with van der Waals surface area (Å²) in [4.78, 5) is 59.7. The van der Waals surface area contributed by atoms with Crippen LogP contribution in [0.3, 0.4) is 0 Å². The molecule has 1 aromatic carbocycles. The zero-order valence-electron chi connectivity index (χ0n) is 25.8. The summed E-state index contributed by atoms with van der Waals surface area (Å²) >= 11 is 0. The van der Waals surface area contributed by atoms with E-state index in [-0.39, 0.29) is 22.9 Å². The summed E-state index contributed by atoms with van der Waals surface area (Å²) in [6.45, 7) is 12.1. The van der Waals surface area contributed by atoms with Crippen LogP contribution in [-0.2, 0) is 9.59 Å². The summed E-state index contributed by atoms with van der Waals surface area (Å²) in [7, 11) is 6.59. The van der Waals surface area contributed by atoms with Gasteiger partial charge in [-0.05, 0) is 72.9 Å². The van der Waals surface area contributed by atoms with Crippen molar-refractivity contribution in [3.8, 4) is 22.9 Å². The summed E-state index contributed by atoms with van der Waals surface area (Å²) in [5, 5.41) is 0. The van der Waals surface area contributed by atoms with Crippen molar-refractivity contribution in [2.75, 3.05) is 54.4 Å². The molecule has 1 aliphatic rings. The summed E-state index contributed by atoms with van der Waals surface area (Å²) < 4.78 is 18.5. The number of rotatable bonds is 6. The van der Waals surface area contributed by atoms with Crippen molar-refractivity contribution in [2.45, 2.75) is 41.5 Å². The normalized spacial score (nSPS) is 14.4. The topological polar surface area (TPSA) is 111 Å². The summed E-state index contributed by atoms with van der Waals surface area (Å²) in [5.74, 6) is -2.33. The molecule has 11 nitrogen and oxygen atoms in total.